The molecule has 1 aliphatic heterocycles. The van der Waals surface area contributed by atoms with E-state index in [-0.39, 0.29) is 36.8 Å². The summed E-state index contributed by atoms with van der Waals surface area (Å²) in [7, 11) is 1.65. The van der Waals surface area contributed by atoms with E-state index in [0.717, 1.165) is 37.5 Å². The molecular formula is C17H28Cl3N3O2. The number of amides is 1. The Morgan fingerprint density at radius 2 is 1.88 bits per heavy atom. The van der Waals surface area contributed by atoms with Crippen LogP contribution in [0.25, 0.3) is 0 Å². The molecule has 1 saturated heterocycles. The summed E-state index contributed by atoms with van der Waals surface area (Å²) in [4.78, 5) is 14.3. The SMILES string of the molecule is COCCNCC(=O)NC1CCN(Cc2ccc(Cl)cc2)CC1.Cl.Cl. The Hall–Kier alpha value is -0.560. The molecular weight excluding hydrogens is 385 g/mol. The Morgan fingerprint density at radius 3 is 2.48 bits per heavy atom. The summed E-state index contributed by atoms with van der Waals surface area (Å²) in [5.41, 5.74) is 1.28. The van der Waals surface area contributed by atoms with E-state index in [2.05, 4.69) is 27.7 Å². The Morgan fingerprint density at radius 1 is 1.24 bits per heavy atom. The van der Waals surface area contributed by atoms with Gasteiger partial charge in [0.1, 0.15) is 0 Å². The topological polar surface area (TPSA) is 53.6 Å². The molecule has 0 aliphatic carbocycles. The van der Waals surface area contributed by atoms with Crippen molar-refractivity contribution in [1.82, 2.24) is 15.5 Å². The first-order valence-corrected chi connectivity index (χ1v) is 8.51. The van der Waals surface area contributed by atoms with Gasteiger partial charge in [-0.1, -0.05) is 23.7 Å². The number of benzene rings is 1. The zero-order valence-electron chi connectivity index (χ0n) is 14.5. The van der Waals surface area contributed by atoms with Crippen LogP contribution in [-0.2, 0) is 16.1 Å². The highest BCUT2D eigenvalue weighted by molar-refractivity contribution is 6.30. The monoisotopic (exact) mass is 411 g/mol. The van der Waals surface area contributed by atoms with E-state index < -0.39 is 0 Å². The fraction of sp³-hybridized carbons (Fsp3) is 0.588. The number of likely N-dealkylation sites (tertiary alicyclic amines) is 1. The number of methoxy groups -OCH3 is 1. The fourth-order valence-electron chi connectivity index (χ4n) is 2.74. The first kappa shape index (κ1) is 24.4. The summed E-state index contributed by atoms with van der Waals surface area (Å²) in [5, 5.41) is 6.94. The maximum absolute atomic E-state index is 11.8. The van der Waals surface area contributed by atoms with Crippen LogP contribution in [0, 0.1) is 0 Å². The third kappa shape index (κ3) is 9.64. The molecule has 25 heavy (non-hydrogen) atoms. The molecule has 1 aromatic carbocycles. The largest absolute Gasteiger partial charge is 0.383 e. The Bertz CT molecular complexity index is 481. The molecule has 5 nitrogen and oxygen atoms in total. The van der Waals surface area contributed by atoms with Crippen LogP contribution < -0.4 is 10.6 Å². The summed E-state index contributed by atoms with van der Waals surface area (Å²) in [6.07, 6.45) is 1.99. The van der Waals surface area contributed by atoms with Gasteiger partial charge in [0.15, 0.2) is 0 Å². The average Bonchev–Trinajstić information content (AvgIpc) is 2.56. The molecule has 1 aromatic rings. The van der Waals surface area contributed by atoms with Gasteiger partial charge in [-0.25, -0.2) is 0 Å². The van der Waals surface area contributed by atoms with Crippen molar-refractivity contribution >= 4 is 42.3 Å². The van der Waals surface area contributed by atoms with Crippen LogP contribution in [0.3, 0.4) is 0 Å². The number of ether oxygens (including phenoxy) is 1. The van der Waals surface area contributed by atoms with E-state index in [4.69, 9.17) is 16.3 Å². The van der Waals surface area contributed by atoms with Crippen LogP contribution in [0.5, 0.6) is 0 Å². The van der Waals surface area contributed by atoms with Crippen molar-refractivity contribution in [2.45, 2.75) is 25.4 Å². The van der Waals surface area contributed by atoms with Crippen LogP contribution in [0.1, 0.15) is 18.4 Å². The molecule has 0 aromatic heterocycles. The Balaban J connectivity index is 0.00000288. The quantitative estimate of drug-likeness (QED) is 0.644. The summed E-state index contributed by atoms with van der Waals surface area (Å²) in [5.74, 6) is 0.0669. The minimum atomic E-state index is 0. The Labute approximate surface area is 167 Å². The third-order valence-electron chi connectivity index (χ3n) is 4.04. The lowest BCUT2D eigenvalue weighted by Crippen LogP contribution is -2.46. The van der Waals surface area contributed by atoms with Crippen molar-refractivity contribution in [3.8, 4) is 0 Å². The van der Waals surface area contributed by atoms with Gasteiger partial charge in [0.25, 0.3) is 0 Å². The number of carbonyl (C=O) groups excluding carboxylic acids is 1. The summed E-state index contributed by atoms with van der Waals surface area (Å²) < 4.78 is 4.93. The van der Waals surface area contributed by atoms with Crippen molar-refractivity contribution in [3.05, 3.63) is 34.9 Å². The molecule has 2 N–H and O–H groups in total. The lowest BCUT2D eigenvalue weighted by Gasteiger charge is -2.32. The number of nitrogens with one attached hydrogen (secondary N) is 2. The second-order valence-corrected chi connectivity index (χ2v) is 6.35. The molecule has 144 valence electrons. The predicted octanol–water partition coefficient (Wildman–Crippen LogP) is 2.50. The van der Waals surface area contributed by atoms with Gasteiger partial charge in [-0.2, -0.15) is 0 Å². The molecule has 1 amide bonds. The zero-order chi connectivity index (χ0) is 16.5. The normalized spacial score (nSPS) is 15.1. The smallest absolute Gasteiger partial charge is 0.234 e. The van der Waals surface area contributed by atoms with Gasteiger partial charge in [-0.15, -0.1) is 24.8 Å². The highest BCUT2D eigenvalue weighted by atomic mass is 35.5. The predicted molar refractivity (Wildman–Crippen MR) is 107 cm³/mol. The first-order chi connectivity index (χ1) is 11.2. The zero-order valence-corrected chi connectivity index (χ0v) is 16.9. The highest BCUT2D eigenvalue weighted by Crippen LogP contribution is 2.15. The van der Waals surface area contributed by atoms with Crippen molar-refractivity contribution in [1.29, 1.82) is 0 Å². The van der Waals surface area contributed by atoms with E-state index in [1.807, 2.05) is 12.1 Å². The summed E-state index contributed by atoms with van der Waals surface area (Å²) in [6.45, 7) is 4.62. The second kappa shape index (κ2) is 13.6. The van der Waals surface area contributed by atoms with E-state index in [0.29, 0.717) is 19.7 Å². The maximum Gasteiger partial charge on any atom is 0.234 e. The van der Waals surface area contributed by atoms with Gasteiger partial charge in [0.05, 0.1) is 13.2 Å². The molecule has 0 atom stereocenters. The molecule has 0 radical (unpaired) electrons. The van der Waals surface area contributed by atoms with E-state index >= 15 is 0 Å². The second-order valence-electron chi connectivity index (χ2n) is 5.91. The average molecular weight is 413 g/mol. The molecule has 0 unspecified atom stereocenters. The number of piperidine rings is 1. The number of nitrogens with zero attached hydrogens (tertiary/aromatic N) is 1. The molecule has 8 heteroatoms. The number of rotatable bonds is 8. The van der Waals surface area contributed by atoms with Crippen LogP contribution in [-0.4, -0.2) is 56.7 Å². The lowest BCUT2D eigenvalue weighted by molar-refractivity contribution is -0.121. The Kier molecular flexibility index (Phi) is 13.3. The molecule has 1 aliphatic rings. The maximum atomic E-state index is 11.8. The van der Waals surface area contributed by atoms with Crippen LogP contribution in [0.15, 0.2) is 24.3 Å². The van der Waals surface area contributed by atoms with Gasteiger partial charge >= 0.3 is 0 Å². The summed E-state index contributed by atoms with van der Waals surface area (Å²) in [6, 6.07) is 8.29. The number of hydrogen-bond acceptors (Lipinski definition) is 4. The van der Waals surface area contributed by atoms with Crippen molar-refractivity contribution in [2.75, 3.05) is 39.9 Å². The molecule has 0 saturated carbocycles. The minimum absolute atomic E-state index is 0. The minimum Gasteiger partial charge on any atom is -0.383 e. The lowest BCUT2D eigenvalue weighted by atomic mass is 10.0. The van der Waals surface area contributed by atoms with Gasteiger partial charge in [0.2, 0.25) is 5.91 Å². The van der Waals surface area contributed by atoms with Gasteiger partial charge in [-0.3, -0.25) is 9.69 Å². The van der Waals surface area contributed by atoms with E-state index in [9.17, 15) is 4.79 Å². The number of halogens is 3. The molecule has 0 bridgehead atoms. The van der Waals surface area contributed by atoms with Gasteiger partial charge in [-0.05, 0) is 30.5 Å². The molecule has 0 spiro atoms. The highest BCUT2D eigenvalue weighted by Gasteiger charge is 2.20. The van der Waals surface area contributed by atoms with Crippen LogP contribution in [0.2, 0.25) is 5.02 Å². The summed E-state index contributed by atoms with van der Waals surface area (Å²) >= 11 is 5.91. The molecule has 2 rings (SSSR count). The van der Waals surface area contributed by atoms with Crippen LogP contribution >= 0.6 is 36.4 Å². The molecule has 1 fully saturated rings. The number of carbonyl (C=O) groups is 1. The fourth-order valence-corrected chi connectivity index (χ4v) is 2.86. The number of hydrogen-bond donors (Lipinski definition) is 2. The van der Waals surface area contributed by atoms with Crippen LogP contribution in [0.4, 0.5) is 0 Å². The van der Waals surface area contributed by atoms with Crippen molar-refractivity contribution < 1.29 is 9.53 Å². The van der Waals surface area contributed by atoms with Crippen molar-refractivity contribution in [3.63, 3.8) is 0 Å². The molecule has 1 heterocycles. The van der Waals surface area contributed by atoms with E-state index in [1.54, 1.807) is 7.11 Å². The first-order valence-electron chi connectivity index (χ1n) is 8.13. The van der Waals surface area contributed by atoms with Gasteiger partial charge in [0, 0.05) is 44.4 Å². The van der Waals surface area contributed by atoms with Gasteiger partial charge < -0.3 is 15.4 Å². The van der Waals surface area contributed by atoms with Crippen molar-refractivity contribution in [2.24, 2.45) is 0 Å². The third-order valence-corrected chi connectivity index (χ3v) is 4.29. The van der Waals surface area contributed by atoms with E-state index in [1.165, 1.54) is 5.56 Å². The standard InChI is InChI=1S/C17H26ClN3O2.2ClH/c1-23-11-8-19-12-17(22)20-16-6-9-21(10-7-16)13-14-2-4-15(18)5-3-14;;/h2-5,16,19H,6-13H2,1H3,(H,20,22);2*1H.